The van der Waals surface area contributed by atoms with Crippen LogP contribution in [-0.2, 0) is 25.3 Å². The predicted octanol–water partition coefficient (Wildman–Crippen LogP) is 2.39. The summed E-state index contributed by atoms with van der Waals surface area (Å²) in [5.74, 6) is 2.26. The van der Waals surface area contributed by atoms with E-state index in [9.17, 15) is 34.5 Å². The molecule has 0 aliphatic rings. The fourth-order valence-electron chi connectivity index (χ4n) is 0.250. The molecular weight excluding hydrogens is 286 g/mol. The lowest BCUT2D eigenvalue weighted by Crippen LogP contribution is -2.02. The number of unbranched alkanes of at least 4 members (excludes halogenated alkanes) is 1. The van der Waals surface area contributed by atoms with Crippen molar-refractivity contribution in [3.63, 3.8) is 0 Å². The first-order valence-electron chi connectivity index (χ1n) is 3.95. The van der Waals surface area contributed by atoms with Gasteiger partial charge in [0.2, 0.25) is 0 Å². The second-order valence-electron chi connectivity index (χ2n) is 2.20. The zero-order valence-corrected chi connectivity index (χ0v) is 10.0. The fraction of sp³-hybridized carbons (Fsp3) is 1.00. The van der Waals surface area contributed by atoms with Gasteiger partial charge in [-0.3, -0.25) is 0 Å². The van der Waals surface area contributed by atoms with Gasteiger partial charge in [0.05, 0.1) is 0 Å². The molecule has 0 spiro atoms. The highest BCUT2D eigenvalue weighted by molar-refractivity contribution is 7.58. The monoisotopic (exact) mass is 298 g/mol. The largest absolute Gasteiger partial charge is 0.673 e. The van der Waals surface area contributed by atoms with Gasteiger partial charge in [-0.1, -0.05) is 0 Å². The minimum Gasteiger partial charge on any atom is -0.418 e. The van der Waals surface area contributed by atoms with E-state index in [0.717, 1.165) is 11.5 Å². The molecule has 0 aromatic carbocycles. The normalized spacial score (nSPS) is 10.9. The molecule has 0 aliphatic heterocycles. The van der Waals surface area contributed by atoms with Crippen LogP contribution in [0.5, 0.6) is 0 Å². The second kappa shape index (κ2) is 11.7. The summed E-state index contributed by atoms with van der Waals surface area (Å²) in [6, 6.07) is 0. The van der Waals surface area contributed by atoms with Crippen molar-refractivity contribution >= 4 is 39.8 Å². The lowest BCUT2D eigenvalue weighted by Gasteiger charge is -1.94. The van der Waals surface area contributed by atoms with Crippen LogP contribution >= 0.6 is 0 Å². The van der Waals surface area contributed by atoms with Crippen LogP contribution in [0.1, 0.15) is 12.8 Å². The molecule has 0 atom stereocenters. The predicted molar refractivity (Wildman–Crippen MR) is 59.7 cm³/mol. The number of rotatable bonds is 3. The van der Waals surface area contributed by atoms with Crippen LogP contribution in [-0.4, -0.2) is 26.0 Å². The molecule has 0 nitrogen and oxygen atoms in total. The summed E-state index contributed by atoms with van der Waals surface area (Å²) >= 11 is 6.74. The van der Waals surface area contributed by atoms with E-state index in [-0.39, 0.29) is 0 Å². The van der Waals surface area contributed by atoms with Crippen LogP contribution in [0.3, 0.4) is 0 Å². The molecule has 0 saturated carbocycles. The zero-order valence-electron chi connectivity index (χ0n) is 8.01. The molecule has 0 aromatic rings. The molecule has 0 radical (unpaired) electrons. The van der Waals surface area contributed by atoms with Crippen molar-refractivity contribution in [1.82, 2.24) is 0 Å². The van der Waals surface area contributed by atoms with Crippen LogP contribution in [0, 0.1) is 0 Å². The Bertz CT molecular complexity index is 109. The molecule has 0 saturated heterocycles. The highest BCUT2D eigenvalue weighted by Gasteiger charge is 2.21. The summed E-state index contributed by atoms with van der Waals surface area (Å²) < 4.78 is 78.0. The molecule has 0 unspecified atom stereocenters. The van der Waals surface area contributed by atoms with Crippen molar-refractivity contribution in [1.29, 1.82) is 0 Å². The van der Waals surface area contributed by atoms with Crippen LogP contribution in [0.15, 0.2) is 0 Å². The SMILES string of the molecule is F[B-](F)(F)F.F[B-](F)(F)F.[SH2+]CCCC[SH2+]. The molecule has 16 heavy (non-hydrogen) atoms. The first kappa shape index (κ1) is 21.5. The topological polar surface area (TPSA) is 0 Å². The van der Waals surface area contributed by atoms with Gasteiger partial charge in [0.25, 0.3) is 0 Å². The molecule has 0 bridgehead atoms. The van der Waals surface area contributed by atoms with Gasteiger partial charge in [-0.25, -0.2) is 0 Å². The highest BCUT2D eigenvalue weighted by atomic mass is 32.1. The number of hydrogen-bond acceptors (Lipinski definition) is 0. The molecule has 0 aliphatic carbocycles. The Morgan fingerprint density at radius 2 is 0.688 bits per heavy atom. The highest BCUT2D eigenvalue weighted by Crippen LogP contribution is 2.07. The summed E-state index contributed by atoms with van der Waals surface area (Å²) in [5, 5.41) is 0. The van der Waals surface area contributed by atoms with E-state index in [1.165, 1.54) is 12.8 Å². The first-order valence-corrected chi connectivity index (χ1v) is 5.37. The number of halogens is 8. The summed E-state index contributed by atoms with van der Waals surface area (Å²) in [4.78, 5) is 0. The van der Waals surface area contributed by atoms with Gasteiger partial charge < -0.3 is 34.5 Å². The van der Waals surface area contributed by atoms with Crippen molar-refractivity contribution in [3.05, 3.63) is 0 Å². The Morgan fingerprint density at radius 1 is 0.562 bits per heavy atom. The molecular formula is C4H12B2F8S2. The smallest absolute Gasteiger partial charge is 0.418 e. The van der Waals surface area contributed by atoms with E-state index >= 15 is 0 Å². The van der Waals surface area contributed by atoms with Gasteiger partial charge in [0, 0.05) is 0 Å². The van der Waals surface area contributed by atoms with Crippen molar-refractivity contribution in [2.45, 2.75) is 12.8 Å². The van der Waals surface area contributed by atoms with Gasteiger partial charge in [-0.05, 0) is 38.1 Å². The first-order chi connectivity index (χ1) is 6.91. The summed E-state index contributed by atoms with van der Waals surface area (Å²) in [5.41, 5.74) is 0. The molecule has 0 rings (SSSR count). The maximum absolute atomic E-state index is 9.75. The van der Waals surface area contributed by atoms with Crippen LogP contribution in [0.25, 0.3) is 0 Å². The van der Waals surface area contributed by atoms with Crippen LogP contribution in [0.4, 0.5) is 34.5 Å². The van der Waals surface area contributed by atoms with Gasteiger partial charge >= 0.3 is 14.5 Å². The average Bonchev–Trinajstić information content (AvgIpc) is 1.94. The minimum atomic E-state index is -6.00. The molecule has 0 fully saturated rings. The number of hydrogen-bond donors (Lipinski definition) is 0. The van der Waals surface area contributed by atoms with Gasteiger partial charge in [0.1, 0.15) is 11.5 Å². The van der Waals surface area contributed by atoms with Crippen molar-refractivity contribution in [3.8, 4) is 0 Å². The van der Waals surface area contributed by atoms with E-state index in [0.29, 0.717) is 0 Å². The van der Waals surface area contributed by atoms with Crippen molar-refractivity contribution in [2.24, 2.45) is 0 Å². The van der Waals surface area contributed by atoms with Gasteiger partial charge in [0.15, 0.2) is 0 Å². The third kappa shape index (κ3) is 235. The maximum Gasteiger partial charge on any atom is 0.673 e. The maximum atomic E-state index is 9.75. The lowest BCUT2D eigenvalue weighted by molar-refractivity contribution is 0.366. The van der Waals surface area contributed by atoms with Gasteiger partial charge in [-0.2, -0.15) is 0 Å². The van der Waals surface area contributed by atoms with E-state index in [1.807, 2.05) is 0 Å². The average molecular weight is 298 g/mol. The Hall–Kier alpha value is 0.270. The summed E-state index contributed by atoms with van der Waals surface area (Å²) in [6.45, 7) is 0. The van der Waals surface area contributed by atoms with E-state index in [1.54, 1.807) is 0 Å². The molecule has 0 heterocycles. The Morgan fingerprint density at radius 3 is 0.750 bits per heavy atom. The second-order valence-corrected chi connectivity index (χ2v) is 3.20. The third-order valence-electron chi connectivity index (χ3n) is 0.604. The summed E-state index contributed by atoms with van der Waals surface area (Å²) in [7, 11) is -12.0. The van der Waals surface area contributed by atoms with Crippen LogP contribution in [0.2, 0.25) is 0 Å². The molecule has 0 aromatic heterocycles. The zero-order chi connectivity index (χ0) is 13.8. The fourth-order valence-corrected chi connectivity index (χ4v) is 0.750. The Labute approximate surface area is 99.2 Å². The van der Waals surface area contributed by atoms with Crippen molar-refractivity contribution < 1.29 is 34.5 Å². The third-order valence-corrected chi connectivity index (χ3v) is 1.31. The standard InChI is InChI=1S/C4H10S2.2BF4/c5-3-1-2-4-6;2*2-1(3,4)5/h5-6H,1-4H2;;/q;2*-1/p+2. The quantitative estimate of drug-likeness (QED) is 0.325. The molecule has 12 heteroatoms. The van der Waals surface area contributed by atoms with E-state index in [4.69, 9.17) is 0 Å². The molecule has 0 amide bonds. The van der Waals surface area contributed by atoms with E-state index in [2.05, 4.69) is 25.3 Å². The Balaban J connectivity index is -0.000000160. The van der Waals surface area contributed by atoms with Crippen LogP contribution < -0.4 is 0 Å². The minimum absolute atomic E-state index is 1.13. The Kier molecular flexibility index (Phi) is 15.8. The lowest BCUT2D eigenvalue weighted by atomic mass is 10.3. The van der Waals surface area contributed by atoms with Gasteiger partial charge in [-0.15, -0.1) is 0 Å². The van der Waals surface area contributed by atoms with Crippen molar-refractivity contribution in [2.75, 3.05) is 11.5 Å². The van der Waals surface area contributed by atoms with E-state index < -0.39 is 14.5 Å². The molecule has 0 N–H and O–H groups in total. The summed E-state index contributed by atoms with van der Waals surface area (Å²) in [6.07, 6.45) is 2.56. The molecule has 102 valence electrons.